The van der Waals surface area contributed by atoms with Crippen molar-refractivity contribution in [2.75, 3.05) is 6.61 Å². The zero-order chi connectivity index (χ0) is 27.6. The highest BCUT2D eigenvalue weighted by Crippen LogP contribution is 2.41. The van der Waals surface area contributed by atoms with Crippen molar-refractivity contribution in [2.24, 2.45) is 0 Å². The van der Waals surface area contributed by atoms with Crippen molar-refractivity contribution in [1.82, 2.24) is 0 Å². The van der Waals surface area contributed by atoms with Gasteiger partial charge in [-0.1, -0.05) is 43.7 Å². The summed E-state index contributed by atoms with van der Waals surface area (Å²) < 4.78 is 93.4. The SMILES string of the molecule is CCCC(O)c1ccc(C2CC=C(c3ccc(-c4ccc(OCC)c(F)c4F)c(F)c3F)CC2)c(F)c1F. The van der Waals surface area contributed by atoms with Gasteiger partial charge < -0.3 is 9.84 Å². The number of hydrogen-bond donors (Lipinski definition) is 1. The predicted molar refractivity (Wildman–Crippen MR) is 134 cm³/mol. The summed E-state index contributed by atoms with van der Waals surface area (Å²) in [5, 5.41) is 10.1. The van der Waals surface area contributed by atoms with E-state index < -0.39 is 52.1 Å². The zero-order valence-corrected chi connectivity index (χ0v) is 21.1. The highest BCUT2D eigenvalue weighted by atomic mass is 19.2. The number of benzene rings is 3. The molecular weight excluding hydrogens is 506 g/mol. The Morgan fingerprint density at radius 2 is 1.42 bits per heavy atom. The number of hydrogen-bond acceptors (Lipinski definition) is 2. The van der Waals surface area contributed by atoms with Gasteiger partial charge in [-0.05, 0) is 61.8 Å². The molecule has 0 amide bonds. The average Bonchev–Trinajstić information content (AvgIpc) is 2.91. The number of ether oxygens (including phenoxy) is 1. The van der Waals surface area contributed by atoms with Crippen LogP contribution in [0.5, 0.6) is 5.75 Å². The van der Waals surface area contributed by atoms with Crippen molar-refractivity contribution in [1.29, 1.82) is 0 Å². The molecule has 202 valence electrons. The monoisotopic (exact) mass is 534 g/mol. The third-order valence-corrected chi connectivity index (χ3v) is 6.98. The summed E-state index contributed by atoms with van der Waals surface area (Å²) in [5.74, 6) is -7.93. The molecule has 4 rings (SSSR count). The van der Waals surface area contributed by atoms with E-state index in [2.05, 4.69) is 0 Å². The first-order chi connectivity index (χ1) is 18.2. The van der Waals surface area contributed by atoms with E-state index in [0.717, 1.165) is 12.1 Å². The minimum Gasteiger partial charge on any atom is -0.491 e. The summed E-state index contributed by atoms with van der Waals surface area (Å²) in [5.41, 5.74) is -0.319. The topological polar surface area (TPSA) is 29.5 Å². The Hall–Kier alpha value is -3.26. The quantitative estimate of drug-likeness (QED) is 0.293. The Bertz CT molecular complexity index is 1370. The highest BCUT2D eigenvalue weighted by molar-refractivity contribution is 5.73. The van der Waals surface area contributed by atoms with E-state index in [1.54, 1.807) is 13.0 Å². The summed E-state index contributed by atoms with van der Waals surface area (Å²) in [7, 11) is 0. The molecule has 2 nitrogen and oxygen atoms in total. The van der Waals surface area contributed by atoms with Gasteiger partial charge in [-0.25, -0.2) is 22.0 Å². The van der Waals surface area contributed by atoms with Crippen molar-refractivity contribution in [3.63, 3.8) is 0 Å². The molecule has 0 bridgehead atoms. The van der Waals surface area contributed by atoms with Gasteiger partial charge in [0.05, 0.1) is 12.7 Å². The third-order valence-electron chi connectivity index (χ3n) is 6.98. The fourth-order valence-corrected chi connectivity index (χ4v) is 4.95. The molecule has 3 aromatic rings. The lowest BCUT2D eigenvalue weighted by atomic mass is 9.81. The summed E-state index contributed by atoms with van der Waals surface area (Å²) in [6.45, 7) is 3.54. The van der Waals surface area contributed by atoms with E-state index in [1.165, 1.54) is 24.3 Å². The van der Waals surface area contributed by atoms with Crippen LogP contribution in [0, 0.1) is 34.9 Å². The number of allylic oxidation sites excluding steroid dienone is 2. The number of aliphatic hydroxyl groups excluding tert-OH is 1. The van der Waals surface area contributed by atoms with Gasteiger partial charge in [0.25, 0.3) is 0 Å². The van der Waals surface area contributed by atoms with Gasteiger partial charge in [0, 0.05) is 22.3 Å². The van der Waals surface area contributed by atoms with Crippen molar-refractivity contribution in [2.45, 2.75) is 58.0 Å². The predicted octanol–water partition coefficient (Wildman–Crippen LogP) is 8.77. The summed E-state index contributed by atoms with van der Waals surface area (Å²) in [4.78, 5) is 0. The molecule has 1 aliphatic carbocycles. The number of rotatable bonds is 8. The normalized spacial score (nSPS) is 16.3. The van der Waals surface area contributed by atoms with Crippen LogP contribution in [-0.2, 0) is 0 Å². The van der Waals surface area contributed by atoms with Crippen molar-refractivity contribution in [3.8, 4) is 16.9 Å². The fourth-order valence-electron chi connectivity index (χ4n) is 4.95. The largest absolute Gasteiger partial charge is 0.491 e. The molecule has 3 aromatic carbocycles. The molecule has 0 saturated heterocycles. The van der Waals surface area contributed by atoms with E-state index in [9.17, 15) is 22.7 Å². The smallest absolute Gasteiger partial charge is 0.201 e. The Labute approximate surface area is 217 Å². The van der Waals surface area contributed by atoms with Crippen molar-refractivity contribution >= 4 is 5.57 Å². The van der Waals surface area contributed by atoms with Crippen LogP contribution >= 0.6 is 0 Å². The minimum absolute atomic E-state index is 0.0267. The summed E-state index contributed by atoms with van der Waals surface area (Å²) in [6, 6.07) is 7.64. The molecule has 0 aliphatic heterocycles. The lowest BCUT2D eigenvalue weighted by Crippen LogP contribution is -2.11. The van der Waals surface area contributed by atoms with E-state index in [0.29, 0.717) is 24.8 Å². The van der Waals surface area contributed by atoms with Gasteiger partial charge in [0.1, 0.15) is 0 Å². The maximum atomic E-state index is 15.1. The Morgan fingerprint density at radius 1 is 0.789 bits per heavy atom. The minimum atomic E-state index is -1.34. The van der Waals surface area contributed by atoms with E-state index in [-0.39, 0.29) is 47.8 Å². The van der Waals surface area contributed by atoms with Gasteiger partial charge in [0.2, 0.25) is 5.82 Å². The molecule has 2 atom stereocenters. The van der Waals surface area contributed by atoms with Gasteiger partial charge in [-0.2, -0.15) is 4.39 Å². The second kappa shape index (κ2) is 11.6. The van der Waals surface area contributed by atoms with Gasteiger partial charge in [-0.3, -0.25) is 0 Å². The van der Waals surface area contributed by atoms with Crippen LogP contribution in [0.25, 0.3) is 16.7 Å². The van der Waals surface area contributed by atoms with Crippen LogP contribution in [0.15, 0.2) is 42.5 Å². The van der Waals surface area contributed by atoms with Crippen LogP contribution in [0.1, 0.15) is 74.7 Å². The van der Waals surface area contributed by atoms with Crippen molar-refractivity contribution < 1.29 is 36.2 Å². The average molecular weight is 535 g/mol. The molecule has 0 spiro atoms. The standard InChI is InChI=1S/C30H28F6O2/c1-3-5-23(37)22-13-11-19(26(32)29(22)35)17-8-6-16(7-9-17)18-10-12-20(27(33)25(18)31)21-14-15-24(38-4-2)30(36)28(21)34/h6,10-15,17,23,37H,3-5,7-9H2,1-2H3. The molecule has 0 radical (unpaired) electrons. The lowest BCUT2D eigenvalue weighted by Gasteiger charge is -2.24. The second-order valence-corrected chi connectivity index (χ2v) is 9.34. The Kier molecular flexibility index (Phi) is 8.51. The molecule has 2 unspecified atom stereocenters. The fraction of sp³-hybridized carbons (Fsp3) is 0.333. The van der Waals surface area contributed by atoms with Crippen LogP contribution in [0.3, 0.4) is 0 Å². The van der Waals surface area contributed by atoms with Crippen LogP contribution < -0.4 is 4.74 Å². The number of halogens is 6. The van der Waals surface area contributed by atoms with E-state index in [4.69, 9.17) is 4.74 Å². The highest BCUT2D eigenvalue weighted by Gasteiger charge is 2.27. The second-order valence-electron chi connectivity index (χ2n) is 9.34. The zero-order valence-electron chi connectivity index (χ0n) is 21.1. The molecule has 0 heterocycles. The first kappa shape index (κ1) is 27.8. The van der Waals surface area contributed by atoms with Crippen LogP contribution in [0.2, 0.25) is 0 Å². The molecule has 0 aromatic heterocycles. The molecule has 0 fully saturated rings. The first-order valence-corrected chi connectivity index (χ1v) is 12.6. The van der Waals surface area contributed by atoms with Gasteiger partial charge in [-0.15, -0.1) is 0 Å². The molecule has 1 N–H and O–H groups in total. The third kappa shape index (κ3) is 5.19. The Balaban J connectivity index is 1.58. The van der Waals surface area contributed by atoms with E-state index in [1.807, 2.05) is 6.92 Å². The molecular formula is C30H28F6O2. The van der Waals surface area contributed by atoms with Crippen molar-refractivity contribution in [3.05, 3.63) is 94.1 Å². The van der Waals surface area contributed by atoms with Crippen LogP contribution in [-0.4, -0.2) is 11.7 Å². The molecule has 1 aliphatic rings. The first-order valence-electron chi connectivity index (χ1n) is 12.6. The maximum absolute atomic E-state index is 15.1. The molecule has 0 saturated carbocycles. The van der Waals surface area contributed by atoms with Crippen LogP contribution in [0.4, 0.5) is 26.3 Å². The number of aliphatic hydroxyl groups is 1. The van der Waals surface area contributed by atoms with Gasteiger partial charge >= 0.3 is 0 Å². The van der Waals surface area contributed by atoms with Gasteiger partial charge in [0.15, 0.2) is 34.8 Å². The summed E-state index contributed by atoms with van der Waals surface area (Å²) >= 11 is 0. The Morgan fingerprint density at radius 3 is 2.05 bits per heavy atom. The molecule has 8 heteroatoms. The molecule has 38 heavy (non-hydrogen) atoms. The lowest BCUT2D eigenvalue weighted by molar-refractivity contribution is 0.160. The summed E-state index contributed by atoms with van der Waals surface area (Å²) in [6.07, 6.45) is 2.39. The maximum Gasteiger partial charge on any atom is 0.201 e. The van der Waals surface area contributed by atoms with E-state index >= 15 is 8.78 Å².